The molecule has 40 heavy (non-hydrogen) atoms. The summed E-state index contributed by atoms with van der Waals surface area (Å²) >= 11 is 2.87. The van der Waals surface area contributed by atoms with Crippen molar-refractivity contribution in [3.05, 3.63) is 83.0 Å². The molecule has 0 aliphatic carbocycles. The molecule has 5 aromatic rings. The number of ether oxygens (including phenoxy) is 1. The van der Waals surface area contributed by atoms with Gasteiger partial charge in [0.25, 0.3) is 11.8 Å². The fourth-order valence-electron chi connectivity index (χ4n) is 5.03. The normalized spacial score (nSPS) is 15.1. The number of nitrogens with one attached hydrogen (secondary N) is 1. The first-order valence-corrected chi connectivity index (χ1v) is 14.5. The Morgan fingerprint density at radius 3 is 2.60 bits per heavy atom. The number of fused-ring (bicyclic) bond motifs is 1. The fraction of sp³-hybridized carbons (Fsp3) is 0.241. The summed E-state index contributed by atoms with van der Waals surface area (Å²) in [6, 6.07) is 13.4. The maximum atomic E-state index is 14.0. The highest BCUT2D eigenvalue weighted by atomic mass is 32.1. The van der Waals surface area contributed by atoms with Crippen LogP contribution in [0, 0.1) is 12.7 Å². The second-order valence-corrected chi connectivity index (χ2v) is 11.4. The molecule has 4 heterocycles. The molecule has 1 fully saturated rings. The van der Waals surface area contributed by atoms with Crippen molar-refractivity contribution >= 4 is 39.4 Å². The minimum Gasteiger partial charge on any atom is -0.497 e. The van der Waals surface area contributed by atoms with E-state index in [4.69, 9.17) is 9.72 Å². The van der Waals surface area contributed by atoms with Crippen molar-refractivity contribution in [1.29, 1.82) is 0 Å². The number of hydrogen-bond acceptors (Lipinski definition) is 7. The number of nitrogens with zero attached hydrogens (tertiary/aromatic N) is 4. The number of benzene rings is 2. The molecule has 2 aromatic carbocycles. The van der Waals surface area contributed by atoms with Gasteiger partial charge in [-0.1, -0.05) is 12.1 Å². The summed E-state index contributed by atoms with van der Waals surface area (Å²) in [5.41, 5.74) is 3.08. The van der Waals surface area contributed by atoms with Crippen LogP contribution in [0.5, 0.6) is 5.75 Å². The van der Waals surface area contributed by atoms with E-state index in [0.29, 0.717) is 40.1 Å². The zero-order valence-corrected chi connectivity index (χ0v) is 23.5. The Hall–Kier alpha value is -4.09. The molecule has 0 radical (unpaired) electrons. The van der Waals surface area contributed by atoms with Crippen molar-refractivity contribution < 1.29 is 18.7 Å². The predicted molar refractivity (Wildman–Crippen MR) is 154 cm³/mol. The summed E-state index contributed by atoms with van der Waals surface area (Å²) in [6.45, 7) is 2.71. The highest BCUT2D eigenvalue weighted by Crippen LogP contribution is 2.37. The third-order valence-electron chi connectivity index (χ3n) is 7.06. The standard InChI is InChI=1S/C29H26FN5O3S2/c1-17-24(35-14-15-39-29(35)32-17)26(36)31-16-21-4-3-13-34(21)28(37)23-25(18-5-9-20(30)10-6-18)40-27(33-23)19-7-11-22(38-2)12-8-19/h5-12,14-15,21H,3-4,13,16H2,1-2H3,(H,31,36)/t21-/m0/s1. The van der Waals surface area contributed by atoms with Gasteiger partial charge in [0.1, 0.15) is 28.0 Å². The van der Waals surface area contributed by atoms with Crippen molar-refractivity contribution in [2.45, 2.75) is 25.8 Å². The topological polar surface area (TPSA) is 88.8 Å². The Kier molecular flexibility index (Phi) is 7.07. The third kappa shape index (κ3) is 4.86. The lowest BCUT2D eigenvalue weighted by Gasteiger charge is -2.24. The SMILES string of the molecule is COc1ccc(-c2nc(C(=O)N3CCC[C@H]3CNC(=O)c3c(C)nc4sccn34)c(-c3ccc(F)cc3)s2)cc1. The summed E-state index contributed by atoms with van der Waals surface area (Å²) in [6.07, 6.45) is 3.43. The van der Waals surface area contributed by atoms with Gasteiger partial charge in [-0.2, -0.15) is 0 Å². The highest BCUT2D eigenvalue weighted by Gasteiger charge is 2.33. The summed E-state index contributed by atoms with van der Waals surface area (Å²) in [7, 11) is 1.61. The minimum atomic E-state index is -0.347. The molecule has 0 saturated carbocycles. The molecule has 0 unspecified atom stereocenters. The van der Waals surface area contributed by atoms with E-state index in [2.05, 4.69) is 10.3 Å². The Morgan fingerprint density at radius 2 is 1.85 bits per heavy atom. The van der Waals surface area contributed by atoms with Crippen molar-refractivity contribution in [3.63, 3.8) is 0 Å². The quantitative estimate of drug-likeness (QED) is 0.270. The van der Waals surface area contributed by atoms with E-state index in [-0.39, 0.29) is 23.7 Å². The van der Waals surface area contributed by atoms with E-state index < -0.39 is 0 Å². The van der Waals surface area contributed by atoms with Crippen LogP contribution < -0.4 is 10.1 Å². The first-order valence-electron chi connectivity index (χ1n) is 12.9. The van der Waals surface area contributed by atoms with E-state index in [9.17, 15) is 14.0 Å². The van der Waals surface area contributed by atoms with Crippen LogP contribution in [0.25, 0.3) is 26.0 Å². The number of likely N-dealkylation sites (tertiary alicyclic amines) is 1. The summed E-state index contributed by atoms with van der Waals surface area (Å²) < 4.78 is 20.8. The van der Waals surface area contributed by atoms with Gasteiger partial charge >= 0.3 is 0 Å². The second kappa shape index (κ2) is 10.8. The Morgan fingerprint density at radius 1 is 1.10 bits per heavy atom. The number of halogens is 1. The molecule has 0 bridgehead atoms. The van der Waals surface area contributed by atoms with Gasteiger partial charge in [-0.3, -0.25) is 14.0 Å². The summed E-state index contributed by atoms with van der Waals surface area (Å²) in [4.78, 5) is 39.6. The smallest absolute Gasteiger partial charge is 0.274 e. The van der Waals surface area contributed by atoms with Crippen LogP contribution in [0.2, 0.25) is 0 Å². The number of aryl methyl sites for hydroxylation is 1. The number of carbonyl (C=O) groups is 2. The maximum Gasteiger partial charge on any atom is 0.274 e. The van der Waals surface area contributed by atoms with E-state index in [1.807, 2.05) is 42.8 Å². The van der Waals surface area contributed by atoms with Crippen molar-refractivity contribution in [2.24, 2.45) is 0 Å². The van der Waals surface area contributed by atoms with E-state index in [1.165, 1.54) is 34.8 Å². The largest absolute Gasteiger partial charge is 0.497 e. The molecule has 1 saturated heterocycles. The molecule has 2 amide bonds. The molecule has 1 aliphatic rings. The molecular weight excluding hydrogens is 549 g/mol. The Balaban J connectivity index is 1.27. The van der Waals surface area contributed by atoms with Crippen LogP contribution in [0.3, 0.4) is 0 Å². The molecule has 204 valence electrons. The van der Waals surface area contributed by atoms with Gasteiger partial charge in [0.2, 0.25) is 0 Å². The number of imidazole rings is 1. The van der Waals surface area contributed by atoms with Gasteiger partial charge in [-0.15, -0.1) is 22.7 Å². The molecule has 8 nitrogen and oxygen atoms in total. The average Bonchev–Trinajstić information content (AvgIpc) is 3.76. The van der Waals surface area contributed by atoms with Crippen LogP contribution in [-0.4, -0.2) is 57.3 Å². The lowest BCUT2D eigenvalue weighted by molar-refractivity contribution is 0.0720. The molecule has 1 N–H and O–H groups in total. The van der Waals surface area contributed by atoms with E-state index in [0.717, 1.165) is 34.7 Å². The first-order chi connectivity index (χ1) is 19.4. The number of hydrogen-bond donors (Lipinski definition) is 1. The number of aromatic nitrogens is 3. The molecule has 6 rings (SSSR count). The zero-order valence-electron chi connectivity index (χ0n) is 21.9. The number of thiazole rings is 2. The van der Waals surface area contributed by atoms with Gasteiger partial charge in [0, 0.05) is 36.3 Å². The van der Waals surface area contributed by atoms with Crippen molar-refractivity contribution in [1.82, 2.24) is 24.6 Å². The molecule has 3 aromatic heterocycles. The monoisotopic (exact) mass is 575 g/mol. The number of carbonyl (C=O) groups excluding carboxylic acids is 2. The van der Waals surface area contributed by atoms with Gasteiger partial charge in [0.15, 0.2) is 4.96 Å². The molecule has 1 atom stereocenters. The van der Waals surface area contributed by atoms with Crippen molar-refractivity contribution in [3.8, 4) is 26.8 Å². The third-order valence-corrected chi connectivity index (χ3v) is 8.97. The molecule has 1 aliphatic heterocycles. The lowest BCUT2D eigenvalue weighted by atomic mass is 10.1. The average molecular weight is 576 g/mol. The number of methoxy groups -OCH3 is 1. The summed E-state index contributed by atoms with van der Waals surface area (Å²) in [5, 5.41) is 5.60. The Bertz CT molecular complexity index is 1690. The van der Waals surface area contributed by atoms with Crippen LogP contribution in [0.1, 0.15) is 39.5 Å². The van der Waals surface area contributed by atoms with Crippen LogP contribution >= 0.6 is 22.7 Å². The van der Waals surface area contributed by atoms with Crippen molar-refractivity contribution in [2.75, 3.05) is 20.2 Å². The second-order valence-electron chi connectivity index (χ2n) is 9.54. The first kappa shape index (κ1) is 26.1. The molecular formula is C29H26FN5O3S2. The van der Waals surface area contributed by atoms with Gasteiger partial charge in [-0.05, 0) is 61.7 Å². The maximum absolute atomic E-state index is 14.0. The van der Waals surface area contributed by atoms with Crippen LogP contribution in [0.15, 0.2) is 60.1 Å². The predicted octanol–water partition coefficient (Wildman–Crippen LogP) is 5.68. The van der Waals surface area contributed by atoms with E-state index >= 15 is 0 Å². The fourth-order valence-corrected chi connectivity index (χ4v) is 6.86. The van der Waals surface area contributed by atoms with Gasteiger partial charge in [0.05, 0.1) is 17.7 Å². The number of rotatable bonds is 7. The molecule has 0 spiro atoms. The van der Waals surface area contributed by atoms with Gasteiger partial charge in [-0.25, -0.2) is 14.4 Å². The highest BCUT2D eigenvalue weighted by molar-refractivity contribution is 7.18. The lowest BCUT2D eigenvalue weighted by Crippen LogP contribution is -2.43. The zero-order chi connectivity index (χ0) is 27.8. The molecule has 11 heteroatoms. The number of amides is 2. The Labute approximate surface area is 238 Å². The minimum absolute atomic E-state index is 0.171. The van der Waals surface area contributed by atoms with E-state index in [1.54, 1.807) is 28.5 Å². The van der Waals surface area contributed by atoms with Gasteiger partial charge < -0.3 is 15.0 Å². The van der Waals surface area contributed by atoms with Crippen LogP contribution in [-0.2, 0) is 0 Å². The summed E-state index contributed by atoms with van der Waals surface area (Å²) in [5.74, 6) is -0.0406. The van der Waals surface area contributed by atoms with Crippen LogP contribution in [0.4, 0.5) is 4.39 Å².